The molecule has 1 aromatic heterocycles. The van der Waals surface area contributed by atoms with E-state index in [-0.39, 0.29) is 12.3 Å². The van der Waals surface area contributed by atoms with E-state index in [0.717, 1.165) is 3.57 Å². The van der Waals surface area contributed by atoms with E-state index in [1.807, 2.05) is 12.1 Å². The molecule has 1 amide bonds. The van der Waals surface area contributed by atoms with Crippen LogP contribution in [0, 0.1) is 13.7 Å². The van der Waals surface area contributed by atoms with Crippen LogP contribution >= 0.6 is 22.6 Å². The maximum Gasteiger partial charge on any atom is 0.275 e. The molecule has 170 valence electrons. The number of aromatic nitrogens is 3. The number of nitro benzene ring substituents is 1. The number of fused-ring (bicyclic) bond motifs is 1. The molecule has 3 N–H and O–H groups in total. The molecule has 1 unspecified atom stereocenters. The molecule has 33 heavy (non-hydrogen) atoms. The third-order valence-electron chi connectivity index (χ3n) is 5.23. The van der Waals surface area contributed by atoms with Gasteiger partial charge in [-0.2, -0.15) is 10.1 Å². The zero-order valence-corrected chi connectivity index (χ0v) is 19.8. The highest BCUT2D eigenvalue weighted by Gasteiger charge is 2.37. The summed E-state index contributed by atoms with van der Waals surface area (Å²) in [6.45, 7) is 1.72. The molecular formula is C22H21IN6O4. The Labute approximate surface area is 203 Å². The summed E-state index contributed by atoms with van der Waals surface area (Å²) in [5, 5.41) is 31.5. The third kappa shape index (κ3) is 4.73. The van der Waals surface area contributed by atoms with Gasteiger partial charge in [-0.25, -0.2) is 4.68 Å². The normalized spacial score (nSPS) is 15.1. The molecule has 10 nitrogen and oxygen atoms in total. The highest BCUT2D eigenvalue weighted by atomic mass is 127. The van der Waals surface area contributed by atoms with Crippen molar-refractivity contribution in [3.05, 3.63) is 84.9 Å². The van der Waals surface area contributed by atoms with Crippen LogP contribution in [0.1, 0.15) is 30.8 Å². The van der Waals surface area contributed by atoms with E-state index >= 15 is 0 Å². The lowest BCUT2D eigenvalue weighted by molar-refractivity contribution is -0.385. The van der Waals surface area contributed by atoms with Gasteiger partial charge < -0.3 is 15.7 Å². The summed E-state index contributed by atoms with van der Waals surface area (Å²) in [6, 6.07) is 12.8. The molecule has 0 aliphatic carbocycles. The molecule has 1 aliphatic heterocycles. The van der Waals surface area contributed by atoms with E-state index in [1.54, 1.807) is 37.3 Å². The number of para-hydroxylation sites is 1. The van der Waals surface area contributed by atoms with Crippen LogP contribution in [0.3, 0.4) is 0 Å². The molecule has 11 heteroatoms. The number of nitrogens with zero attached hydrogens (tertiary/aromatic N) is 4. The van der Waals surface area contributed by atoms with Crippen molar-refractivity contribution < 1.29 is 14.8 Å². The number of aryl methyl sites for hydroxylation is 1. The fourth-order valence-corrected chi connectivity index (χ4v) is 4.10. The van der Waals surface area contributed by atoms with Gasteiger partial charge in [0.25, 0.3) is 11.6 Å². The molecule has 2 aromatic carbocycles. The number of amides is 1. The second-order valence-electron chi connectivity index (χ2n) is 7.47. The molecule has 0 radical (unpaired) electrons. The summed E-state index contributed by atoms with van der Waals surface area (Å²) in [6.07, 6.45) is 0.914. The van der Waals surface area contributed by atoms with Crippen molar-refractivity contribution in [2.45, 2.75) is 25.8 Å². The van der Waals surface area contributed by atoms with Crippen LogP contribution in [-0.4, -0.2) is 37.3 Å². The Balaban J connectivity index is 1.81. The number of nitrogens with one attached hydrogen (secondary N) is 2. The zero-order valence-electron chi connectivity index (χ0n) is 17.7. The van der Waals surface area contributed by atoms with Crippen molar-refractivity contribution in [1.82, 2.24) is 14.8 Å². The minimum atomic E-state index is -0.859. The van der Waals surface area contributed by atoms with E-state index in [9.17, 15) is 14.9 Å². The summed E-state index contributed by atoms with van der Waals surface area (Å²) in [5.74, 6) is 0.457. The molecule has 4 rings (SSSR count). The highest BCUT2D eigenvalue weighted by Crippen LogP contribution is 2.39. The van der Waals surface area contributed by atoms with Crippen molar-refractivity contribution >= 4 is 45.8 Å². The first kappa shape index (κ1) is 22.9. The lowest BCUT2D eigenvalue weighted by Crippen LogP contribution is -2.32. The molecular weight excluding hydrogens is 539 g/mol. The Morgan fingerprint density at radius 3 is 2.70 bits per heavy atom. The van der Waals surface area contributed by atoms with Crippen LogP contribution in [0.2, 0.25) is 0 Å². The maximum atomic E-state index is 13.4. The number of hydrogen-bond donors (Lipinski definition) is 3. The van der Waals surface area contributed by atoms with Gasteiger partial charge in [0.1, 0.15) is 6.04 Å². The Kier molecular flexibility index (Phi) is 6.70. The lowest BCUT2D eigenvalue weighted by Gasteiger charge is -2.28. The minimum Gasteiger partial charge on any atom is -0.396 e. The quantitative estimate of drug-likeness (QED) is 0.228. The van der Waals surface area contributed by atoms with E-state index in [1.165, 1.54) is 10.7 Å². The number of rotatable bonds is 7. The summed E-state index contributed by atoms with van der Waals surface area (Å²) in [4.78, 5) is 29.2. The number of aliphatic hydroxyl groups is 1. The first-order valence-electron chi connectivity index (χ1n) is 10.2. The number of benzene rings is 2. The van der Waals surface area contributed by atoms with Gasteiger partial charge in [0.15, 0.2) is 5.82 Å². The van der Waals surface area contributed by atoms with E-state index < -0.39 is 16.9 Å². The van der Waals surface area contributed by atoms with Gasteiger partial charge in [0.05, 0.1) is 16.1 Å². The second-order valence-corrected chi connectivity index (χ2v) is 8.71. The van der Waals surface area contributed by atoms with Crippen molar-refractivity contribution in [2.75, 3.05) is 17.2 Å². The number of anilines is 2. The monoisotopic (exact) mass is 560 g/mol. The fraction of sp³-hybridized carbons (Fsp3) is 0.227. The van der Waals surface area contributed by atoms with Crippen molar-refractivity contribution in [3.8, 4) is 0 Å². The smallest absolute Gasteiger partial charge is 0.275 e. The van der Waals surface area contributed by atoms with E-state index in [2.05, 4.69) is 43.3 Å². The number of carbonyl (C=O) groups excluding carboxylic acids is 1. The van der Waals surface area contributed by atoms with Gasteiger partial charge in [-0.15, -0.1) is 0 Å². The van der Waals surface area contributed by atoms with Crippen LogP contribution < -0.4 is 10.6 Å². The van der Waals surface area contributed by atoms with Gasteiger partial charge in [0, 0.05) is 34.0 Å². The van der Waals surface area contributed by atoms with Gasteiger partial charge in [-0.3, -0.25) is 14.9 Å². The largest absolute Gasteiger partial charge is 0.396 e. The summed E-state index contributed by atoms with van der Waals surface area (Å²) < 4.78 is 2.53. The topological polar surface area (TPSA) is 135 Å². The SMILES string of the molecule is CC1=C(C(=O)Nc2ccc(I)cc2)C(c2ccccc2[N+](=O)[O-])n2nc(CCCO)nc2N1. The lowest BCUT2D eigenvalue weighted by atomic mass is 9.93. The number of nitro groups is 1. The van der Waals surface area contributed by atoms with Crippen LogP contribution in [0.15, 0.2) is 59.8 Å². The summed E-state index contributed by atoms with van der Waals surface area (Å²) in [7, 11) is 0. The summed E-state index contributed by atoms with van der Waals surface area (Å²) >= 11 is 2.18. The van der Waals surface area contributed by atoms with Gasteiger partial charge in [-0.05, 0) is 66.3 Å². The van der Waals surface area contributed by atoms with Crippen molar-refractivity contribution in [2.24, 2.45) is 0 Å². The highest BCUT2D eigenvalue weighted by molar-refractivity contribution is 14.1. The summed E-state index contributed by atoms with van der Waals surface area (Å²) in [5.41, 5.74) is 1.64. The molecule has 0 fully saturated rings. The maximum absolute atomic E-state index is 13.4. The van der Waals surface area contributed by atoms with Crippen LogP contribution in [0.5, 0.6) is 0 Å². The molecule has 0 bridgehead atoms. The van der Waals surface area contributed by atoms with E-state index in [4.69, 9.17) is 5.11 Å². The molecule has 1 aliphatic rings. The van der Waals surface area contributed by atoms with Crippen molar-refractivity contribution in [3.63, 3.8) is 0 Å². The van der Waals surface area contributed by atoms with Crippen LogP contribution in [0.25, 0.3) is 0 Å². The molecule has 0 saturated heterocycles. The Morgan fingerprint density at radius 1 is 1.27 bits per heavy atom. The standard InChI is InChI=1S/C22H21IN6O4/c1-13-19(21(31)25-15-10-8-14(23)9-11-15)20(16-5-2-3-6-17(16)29(32)33)28-22(24-13)26-18(27-28)7-4-12-30/h2-3,5-6,8-11,20,30H,4,7,12H2,1H3,(H,25,31)(H,24,26,27). The average Bonchev–Trinajstić information content (AvgIpc) is 3.20. The number of aliphatic hydroxyl groups excluding tert-OH is 1. The molecule has 0 spiro atoms. The molecule has 2 heterocycles. The predicted octanol–water partition coefficient (Wildman–Crippen LogP) is 3.64. The molecule has 1 atom stereocenters. The first-order valence-corrected chi connectivity index (χ1v) is 11.3. The number of allylic oxidation sites excluding steroid dienone is 1. The Morgan fingerprint density at radius 2 is 2.00 bits per heavy atom. The fourth-order valence-electron chi connectivity index (χ4n) is 3.74. The number of carbonyl (C=O) groups is 1. The second kappa shape index (κ2) is 9.67. The Bertz CT molecular complexity index is 1240. The first-order chi connectivity index (χ1) is 15.9. The van der Waals surface area contributed by atoms with E-state index in [0.29, 0.717) is 47.1 Å². The number of hydrogen-bond acceptors (Lipinski definition) is 7. The van der Waals surface area contributed by atoms with Gasteiger partial charge >= 0.3 is 0 Å². The minimum absolute atomic E-state index is 0.00810. The average molecular weight is 560 g/mol. The van der Waals surface area contributed by atoms with Crippen LogP contribution in [-0.2, 0) is 11.2 Å². The molecule has 0 saturated carbocycles. The van der Waals surface area contributed by atoms with Gasteiger partial charge in [-0.1, -0.05) is 12.1 Å². The number of halogens is 1. The van der Waals surface area contributed by atoms with Crippen LogP contribution in [0.4, 0.5) is 17.3 Å². The molecule has 3 aromatic rings. The van der Waals surface area contributed by atoms with Gasteiger partial charge in [0.2, 0.25) is 5.95 Å². The zero-order chi connectivity index (χ0) is 23.5. The Hall–Kier alpha value is -3.32. The third-order valence-corrected chi connectivity index (χ3v) is 5.95. The van der Waals surface area contributed by atoms with Crippen molar-refractivity contribution in [1.29, 1.82) is 0 Å². The predicted molar refractivity (Wildman–Crippen MR) is 131 cm³/mol.